The predicted molar refractivity (Wildman–Crippen MR) is 140 cm³/mol. The number of carbonyl (C=O) groups excluding carboxylic acids is 3. The van der Waals surface area contributed by atoms with Crippen LogP contribution in [0.2, 0.25) is 0 Å². The lowest BCUT2D eigenvalue weighted by Gasteiger charge is -2.10. The van der Waals surface area contributed by atoms with Gasteiger partial charge in [-0.25, -0.2) is 0 Å². The van der Waals surface area contributed by atoms with Crippen molar-refractivity contribution in [3.05, 3.63) is 47.0 Å². The fourth-order valence-electron chi connectivity index (χ4n) is 4.11. The minimum Gasteiger partial charge on any atom is -0.456 e. The molecule has 182 valence electrons. The van der Waals surface area contributed by atoms with Crippen molar-refractivity contribution < 1.29 is 18.8 Å². The zero-order chi connectivity index (χ0) is 24.5. The summed E-state index contributed by atoms with van der Waals surface area (Å²) in [6.07, 6.45) is 5.26. The number of furan rings is 1. The van der Waals surface area contributed by atoms with Crippen molar-refractivity contribution in [2.45, 2.75) is 57.8 Å². The van der Waals surface area contributed by atoms with Gasteiger partial charge in [-0.3, -0.25) is 14.4 Å². The van der Waals surface area contributed by atoms with Gasteiger partial charge in [0.15, 0.2) is 17.3 Å². The zero-order valence-electron chi connectivity index (χ0n) is 19.1. The summed E-state index contributed by atoms with van der Waals surface area (Å²) in [6, 6.07) is 8.70. The maximum Gasteiger partial charge on any atom is 0.164 e. The van der Waals surface area contributed by atoms with Crippen LogP contribution in [0.15, 0.2) is 34.7 Å². The molecule has 4 nitrogen and oxygen atoms in total. The van der Waals surface area contributed by atoms with Gasteiger partial charge in [0.1, 0.15) is 11.2 Å². The number of fused-ring (bicyclic) bond motifs is 3. The van der Waals surface area contributed by atoms with Gasteiger partial charge in [0.25, 0.3) is 0 Å². The lowest BCUT2D eigenvalue weighted by Crippen LogP contribution is -2.10. The molecular weight excluding hydrogens is 495 g/mol. The van der Waals surface area contributed by atoms with Crippen molar-refractivity contribution in [2.24, 2.45) is 0 Å². The van der Waals surface area contributed by atoms with Crippen molar-refractivity contribution in [3.8, 4) is 0 Å². The number of alkyl halides is 3. The van der Waals surface area contributed by atoms with Crippen LogP contribution < -0.4 is 0 Å². The highest BCUT2D eigenvalue weighted by Crippen LogP contribution is 2.35. The number of benzene rings is 2. The van der Waals surface area contributed by atoms with Gasteiger partial charge in [-0.1, -0.05) is 0 Å². The van der Waals surface area contributed by atoms with E-state index in [1.165, 1.54) is 0 Å². The Morgan fingerprint density at radius 3 is 1.82 bits per heavy atom. The molecule has 0 aliphatic rings. The number of carbonyl (C=O) groups is 3. The molecular formula is C27H29Cl3O4. The van der Waals surface area contributed by atoms with Crippen LogP contribution in [0.5, 0.6) is 0 Å². The number of Topliss-reactive ketones (excluding diaryl/α,β-unsaturated/α-hetero) is 3. The lowest BCUT2D eigenvalue weighted by molar-refractivity contribution is 0.0948. The Kier molecular flexibility index (Phi) is 10.4. The number of hydrogen-bond acceptors (Lipinski definition) is 4. The minimum absolute atomic E-state index is 0.0182. The highest BCUT2D eigenvalue weighted by atomic mass is 35.5. The molecule has 0 saturated heterocycles. The molecule has 1 heterocycles. The largest absolute Gasteiger partial charge is 0.456 e. The van der Waals surface area contributed by atoms with E-state index in [1.807, 2.05) is 0 Å². The van der Waals surface area contributed by atoms with Crippen LogP contribution in [-0.4, -0.2) is 35.0 Å². The van der Waals surface area contributed by atoms with E-state index in [2.05, 4.69) is 0 Å². The second-order valence-electron chi connectivity index (χ2n) is 8.38. The number of unbranched alkanes of at least 4 members (excludes halogenated alkanes) is 3. The van der Waals surface area contributed by atoms with E-state index in [-0.39, 0.29) is 23.8 Å². The average Bonchev–Trinajstić information content (AvgIpc) is 3.21. The quantitative estimate of drug-likeness (QED) is 0.114. The Morgan fingerprint density at radius 1 is 0.647 bits per heavy atom. The van der Waals surface area contributed by atoms with Crippen LogP contribution in [0.1, 0.15) is 88.9 Å². The summed E-state index contributed by atoms with van der Waals surface area (Å²) in [5.41, 5.74) is 2.45. The smallest absolute Gasteiger partial charge is 0.164 e. The first-order chi connectivity index (χ1) is 16.5. The third-order valence-electron chi connectivity index (χ3n) is 5.90. The first-order valence-corrected chi connectivity index (χ1v) is 13.4. The van der Waals surface area contributed by atoms with Crippen LogP contribution in [-0.2, 0) is 0 Å². The molecule has 7 heteroatoms. The van der Waals surface area contributed by atoms with Gasteiger partial charge < -0.3 is 4.42 Å². The van der Waals surface area contributed by atoms with E-state index in [0.29, 0.717) is 82.0 Å². The molecule has 0 saturated carbocycles. The van der Waals surface area contributed by atoms with Gasteiger partial charge >= 0.3 is 0 Å². The van der Waals surface area contributed by atoms with Crippen LogP contribution in [0.4, 0.5) is 0 Å². The standard InChI is InChI=1S/C27H29Cl3O4/c28-14-4-1-7-21(31)18-10-12-24-20(17-18)27-25(34-24)13-11-19(22(32)8-2-5-15-29)26(27)23(33)9-3-6-16-30/h10-13,17H,1-9,14-16H2. The van der Waals surface area contributed by atoms with Gasteiger partial charge in [0, 0.05) is 64.4 Å². The fraction of sp³-hybridized carbons (Fsp3) is 0.444. The first kappa shape index (κ1) is 26.7. The Hall–Kier alpha value is -1.88. The molecule has 0 aliphatic heterocycles. The first-order valence-electron chi connectivity index (χ1n) is 11.8. The zero-order valence-corrected chi connectivity index (χ0v) is 21.4. The SMILES string of the molecule is O=C(CCCCCl)c1ccc2oc3ccc(C(=O)CCCCCl)c(C(=O)CCCCCl)c3c2c1. The molecule has 34 heavy (non-hydrogen) atoms. The molecule has 0 fully saturated rings. The molecule has 0 unspecified atom stereocenters. The van der Waals surface area contributed by atoms with Crippen molar-refractivity contribution >= 4 is 74.1 Å². The topological polar surface area (TPSA) is 64.3 Å². The van der Waals surface area contributed by atoms with E-state index in [9.17, 15) is 14.4 Å². The maximum absolute atomic E-state index is 13.4. The molecule has 0 radical (unpaired) electrons. The normalized spacial score (nSPS) is 11.4. The third-order valence-corrected chi connectivity index (χ3v) is 6.70. The molecule has 0 atom stereocenters. The van der Waals surface area contributed by atoms with E-state index < -0.39 is 0 Å². The predicted octanol–water partition coefficient (Wildman–Crippen LogP) is 8.36. The van der Waals surface area contributed by atoms with Gasteiger partial charge in [0.2, 0.25) is 0 Å². The van der Waals surface area contributed by atoms with Gasteiger partial charge in [-0.05, 0) is 68.9 Å². The highest BCUT2D eigenvalue weighted by molar-refractivity contribution is 6.23. The summed E-state index contributed by atoms with van der Waals surface area (Å²) in [7, 11) is 0. The van der Waals surface area contributed by atoms with Gasteiger partial charge in [-0.2, -0.15) is 0 Å². The molecule has 0 aliphatic carbocycles. The number of ketones is 3. The van der Waals surface area contributed by atoms with Gasteiger partial charge in [0.05, 0.1) is 0 Å². The molecule has 2 aromatic carbocycles. The molecule has 0 bridgehead atoms. The number of rotatable bonds is 15. The minimum atomic E-state index is -0.113. The van der Waals surface area contributed by atoms with E-state index >= 15 is 0 Å². The molecule has 3 aromatic rings. The molecule has 0 N–H and O–H groups in total. The maximum atomic E-state index is 13.4. The number of hydrogen-bond donors (Lipinski definition) is 0. The third kappa shape index (κ3) is 6.41. The molecule has 1 aromatic heterocycles. The molecule has 0 spiro atoms. The summed E-state index contributed by atoms with van der Waals surface area (Å²) < 4.78 is 6.00. The Morgan fingerprint density at radius 2 is 1.21 bits per heavy atom. The summed E-state index contributed by atoms with van der Waals surface area (Å²) in [6.45, 7) is 0. The Balaban J connectivity index is 2.10. The Labute approximate surface area is 214 Å². The summed E-state index contributed by atoms with van der Waals surface area (Å²) >= 11 is 17.3. The summed E-state index contributed by atoms with van der Waals surface area (Å²) in [5.74, 6) is 1.31. The van der Waals surface area contributed by atoms with E-state index in [0.717, 1.165) is 25.7 Å². The monoisotopic (exact) mass is 522 g/mol. The molecule has 0 amide bonds. The van der Waals surface area contributed by atoms with Crippen LogP contribution in [0, 0.1) is 0 Å². The fourth-order valence-corrected chi connectivity index (χ4v) is 4.68. The van der Waals surface area contributed by atoms with Gasteiger partial charge in [-0.15, -0.1) is 34.8 Å². The number of halogens is 3. The van der Waals surface area contributed by atoms with E-state index in [1.54, 1.807) is 30.3 Å². The van der Waals surface area contributed by atoms with Crippen molar-refractivity contribution in [2.75, 3.05) is 17.6 Å². The molecule has 3 rings (SSSR count). The average molecular weight is 524 g/mol. The second kappa shape index (κ2) is 13.3. The highest BCUT2D eigenvalue weighted by Gasteiger charge is 2.24. The van der Waals surface area contributed by atoms with Crippen molar-refractivity contribution in [1.82, 2.24) is 0 Å². The van der Waals surface area contributed by atoms with Crippen molar-refractivity contribution in [3.63, 3.8) is 0 Å². The summed E-state index contributed by atoms with van der Waals surface area (Å²) in [5, 5.41) is 1.28. The van der Waals surface area contributed by atoms with Crippen molar-refractivity contribution in [1.29, 1.82) is 0 Å². The Bertz CT molecular complexity index is 1170. The van der Waals surface area contributed by atoms with Crippen LogP contribution >= 0.6 is 34.8 Å². The lowest BCUT2D eigenvalue weighted by atomic mass is 9.91. The second-order valence-corrected chi connectivity index (χ2v) is 9.52. The van der Waals surface area contributed by atoms with E-state index in [4.69, 9.17) is 39.2 Å². The van der Waals surface area contributed by atoms with Crippen LogP contribution in [0.3, 0.4) is 0 Å². The summed E-state index contributed by atoms with van der Waals surface area (Å²) in [4.78, 5) is 39.2. The van der Waals surface area contributed by atoms with Crippen LogP contribution in [0.25, 0.3) is 21.9 Å².